The zero-order chi connectivity index (χ0) is 8.27. The second-order valence-electron chi connectivity index (χ2n) is 3.22. The van der Waals surface area contributed by atoms with Gasteiger partial charge in [-0.3, -0.25) is 4.90 Å². The van der Waals surface area contributed by atoms with Crippen LogP contribution >= 0.6 is 0 Å². The van der Waals surface area contributed by atoms with Gasteiger partial charge >= 0.3 is 0 Å². The van der Waals surface area contributed by atoms with Crippen LogP contribution in [0.25, 0.3) is 0 Å². The highest BCUT2D eigenvalue weighted by atomic mass is 16.3. The number of hydrogen-bond acceptors (Lipinski definition) is 3. The Morgan fingerprint density at radius 1 is 1.82 bits per heavy atom. The summed E-state index contributed by atoms with van der Waals surface area (Å²) in [5.41, 5.74) is 0. The van der Waals surface area contributed by atoms with E-state index in [1.807, 2.05) is 6.92 Å². The number of carbonyl (C=O) groups is 1. The Morgan fingerprint density at radius 3 is 3.00 bits per heavy atom. The second-order valence-corrected chi connectivity index (χ2v) is 3.22. The zero-order valence-electron chi connectivity index (χ0n) is 6.86. The minimum atomic E-state index is -0.230. The van der Waals surface area contributed by atoms with Gasteiger partial charge in [0.15, 0.2) is 0 Å². The predicted molar refractivity (Wildman–Crippen MR) is 42.3 cm³/mol. The lowest BCUT2D eigenvalue weighted by molar-refractivity contribution is -0.108. The van der Waals surface area contributed by atoms with E-state index in [1.54, 1.807) is 0 Å². The maximum Gasteiger partial charge on any atom is 0.133 e. The molecule has 3 nitrogen and oxygen atoms in total. The van der Waals surface area contributed by atoms with E-state index in [0.29, 0.717) is 12.5 Å². The molecule has 1 N–H and O–H groups in total. The van der Waals surface area contributed by atoms with Crippen LogP contribution in [0, 0.1) is 5.92 Å². The Kier molecular flexibility index (Phi) is 3.02. The lowest BCUT2D eigenvalue weighted by Gasteiger charge is -2.14. The van der Waals surface area contributed by atoms with Crippen molar-refractivity contribution < 1.29 is 9.90 Å². The first-order valence-electron chi connectivity index (χ1n) is 4.08. The molecule has 0 bridgehead atoms. The van der Waals surface area contributed by atoms with E-state index in [4.69, 9.17) is 0 Å². The molecule has 0 aromatic heterocycles. The molecule has 0 aliphatic carbocycles. The second kappa shape index (κ2) is 3.83. The SMILES string of the molecule is CC(O)C1CCN(CC=O)C1. The Hall–Kier alpha value is -0.410. The van der Waals surface area contributed by atoms with Crippen molar-refractivity contribution in [2.24, 2.45) is 5.92 Å². The highest BCUT2D eigenvalue weighted by Gasteiger charge is 2.24. The molecule has 0 aromatic carbocycles. The van der Waals surface area contributed by atoms with Crippen LogP contribution in [0.2, 0.25) is 0 Å². The molecular weight excluding hydrogens is 142 g/mol. The largest absolute Gasteiger partial charge is 0.393 e. The average Bonchev–Trinajstić information content (AvgIpc) is 2.37. The van der Waals surface area contributed by atoms with Crippen LogP contribution in [0.4, 0.5) is 0 Å². The van der Waals surface area contributed by atoms with Gasteiger partial charge in [0.2, 0.25) is 0 Å². The third-order valence-electron chi connectivity index (χ3n) is 2.32. The number of aliphatic hydroxyl groups excluding tert-OH is 1. The summed E-state index contributed by atoms with van der Waals surface area (Å²) in [6.07, 6.45) is 1.71. The topological polar surface area (TPSA) is 40.5 Å². The van der Waals surface area contributed by atoms with Gasteiger partial charge in [-0.15, -0.1) is 0 Å². The van der Waals surface area contributed by atoms with E-state index in [1.165, 1.54) is 0 Å². The summed E-state index contributed by atoms with van der Waals surface area (Å²) in [6, 6.07) is 0. The van der Waals surface area contributed by atoms with Crippen LogP contribution in [0.5, 0.6) is 0 Å². The van der Waals surface area contributed by atoms with Crippen LogP contribution in [0.3, 0.4) is 0 Å². The monoisotopic (exact) mass is 157 g/mol. The summed E-state index contributed by atoms with van der Waals surface area (Å²) in [5.74, 6) is 0.370. The lowest BCUT2D eigenvalue weighted by atomic mass is 10.0. The summed E-state index contributed by atoms with van der Waals surface area (Å²) in [7, 11) is 0. The third-order valence-corrected chi connectivity index (χ3v) is 2.32. The quantitative estimate of drug-likeness (QED) is 0.581. The maximum atomic E-state index is 10.1. The van der Waals surface area contributed by atoms with Gasteiger partial charge in [0.1, 0.15) is 6.29 Å². The van der Waals surface area contributed by atoms with Gasteiger partial charge in [0.25, 0.3) is 0 Å². The molecule has 11 heavy (non-hydrogen) atoms. The molecule has 1 rings (SSSR count). The fraction of sp³-hybridized carbons (Fsp3) is 0.875. The Morgan fingerprint density at radius 2 is 2.55 bits per heavy atom. The van der Waals surface area contributed by atoms with Crippen molar-refractivity contribution in [1.29, 1.82) is 0 Å². The molecule has 2 unspecified atom stereocenters. The molecule has 1 heterocycles. The first-order chi connectivity index (χ1) is 5.24. The third kappa shape index (κ3) is 2.27. The van der Waals surface area contributed by atoms with E-state index in [9.17, 15) is 9.90 Å². The fourth-order valence-corrected chi connectivity index (χ4v) is 1.53. The van der Waals surface area contributed by atoms with Crippen LogP contribution in [0.15, 0.2) is 0 Å². The van der Waals surface area contributed by atoms with Gasteiger partial charge < -0.3 is 9.90 Å². The fourth-order valence-electron chi connectivity index (χ4n) is 1.53. The normalized spacial score (nSPS) is 28.7. The average molecular weight is 157 g/mol. The molecule has 1 aliphatic rings. The van der Waals surface area contributed by atoms with Crippen molar-refractivity contribution in [2.75, 3.05) is 19.6 Å². The molecule has 0 radical (unpaired) electrons. The summed E-state index contributed by atoms with van der Waals surface area (Å²) >= 11 is 0. The first kappa shape index (κ1) is 8.68. The summed E-state index contributed by atoms with van der Waals surface area (Å²) in [5, 5.41) is 9.22. The van der Waals surface area contributed by atoms with Gasteiger partial charge in [-0.2, -0.15) is 0 Å². The molecule has 64 valence electrons. The molecule has 1 saturated heterocycles. The van der Waals surface area contributed by atoms with Gasteiger partial charge in [-0.1, -0.05) is 0 Å². The van der Waals surface area contributed by atoms with Crippen molar-refractivity contribution in [3.63, 3.8) is 0 Å². The number of nitrogens with zero attached hydrogens (tertiary/aromatic N) is 1. The zero-order valence-corrected chi connectivity index (χ0v) is 6.86. The van der Waals surface area contributed by atoms with Crippen molar-refractivity contribution in [3.05, 3.63) is 0 Å². The Balaban J connectivity index is 2.28. The number of likely N-dealkylation sites (tertiary alicyclic amines) is 1. The lowest BCUT2D eigenvalue weighted by Crippen LogP contribution is -2.25. The highest BCUT2D eigenvalue weighted by molar-refractivity contribution is 5.52. The van der Waals surface area contributed by atoms with Gasteiger partial charge in [-0.05, 0) is 25.8 Å². The standard InChI is InChI=1S/C8H15NO2/c1-7(11)8-2-3-9(6-8)4-5-10/h5,7-8,11H,2-4,6H2,1H3. The molecule has 0 aromatic rings. The van der Waals surface area contributed by atoms with Crippen molar-refractivity contribution in [3.8, 4) is 0 Å². The van der Waals surface area contributed by atoms with Crippen LogP contribution < -0.4 is 0 Å². The summed E-state index contributed by atoms with van der Waals surface area (Å²) in [6.45, 7) is 4.16. The number of aldehydes is 1. The first-order valence-corrected chi connectivity index (χ1v) is 4.08. The Labute approximate surface area is 67.0 Å². The van der Waals surface area contributed by atoms with E-state index in [0.717, 1.165) is 25.8 Å². The molecule has 0 saturated carbocycles. The molecule has 1 aliphatic heterocycles. The van der Waals surface area contributed by atoms with Crippen LogP contribution in [-0.4, -0.2) is 42.0 Å². The summed E-state index contributed by atoms with van der Waals surface area (Å²) < 4.78 is 0. The highest BCUT2D eigenvalue weighted by Crippen LogP contribution is 2.18. The number of rotatable bonds is 3. The van der Waals surface area contributed by atoms with Crippen LogP contribution in [0.1, 0.15) is 13.3 Å². The van der Waals surface area contributed by atoms with Crippen molar-refractivity contribution in [1.82, 2.24) is 4.90 Å². The van der Waals surface area contributed by atoms with Gasteiger partial charge in [0.05, 0.1) is 12.6 Å². The van der Waals surface area contributed by atoms with Crippen molar-refractivity contribution in [2.45, 2.75) is 19.4 Å². The van der Waals surface area contributed by atoms with Crippen molar-refractivity contribution >= 4 is 6.29 Å². The van der Waals surface area contributed by atoms with E-state index in [-0.39, 0.29) is 6.10 Å². The van der Waals surface area contributed by atoms with E-state index < -0.39 is 0 Å². The maximum absolute atomic E-state index is 10.1. The minimum absolute atomic E-state index is 0.230. The summed E-state index contributed by atoms with van der Waals surface area (Å²) in [4.78, 5) is 12.2. The molecular formula is C8H15NO2. The molecule has 3 heteroatoms. The number of carbonyl (C=O) groups excluding carboxylic acids is 1. The number of hydrogen-bond donors (Lipinski definition) is 1. The van der Waals surface area contributed by atoms with Gasteiger partial charge in [-0.25, -0.2) is 0 Å². The van der Waals surface area contributed by atoms with E-state index in [2.05, 4.69) is 4.90 Å². The molecule has 2 atom stereocenters. The molecule has 0 spiro atoms. The molecule has 1 fully saturated rings. The van der Waals surface area contributed by atoms with Crippen LogP contribution in [-0.2, 0) is 4.79 Å². The minimum Gasteiger partial charge on any atom is -0.393 e. The smallest absolute Gasteiger partial charge is 0.133 e. The van der Waals surface area contributed by atoms with Gasteiger partial charge in [0, 0.05) is 6.54 Å². The Bertz CT molecular complexity index is 136. The van der Waals surface area contributed by atoms with E-state index >= 15 is 0 Å². The predicted octanol–water partition coefficient (Wildman–Crippen LogP) is -0.112. The number of aliphatic hydroxyl groups is 1. The molecule has 0 amide bonds.